The molecule has 174 valence electrons. The Morgan fingerprint density at radius 2 is 1.79 bits per heavy atom. The molecule has 0 unspecified atom stereocenters. The van der Waals surface area contributed by atoms with Crippen LogP contribution in [0.5, 0.6) is 0 Å². The van der Waals surface area contributed by atoms with Gasteiger partial charge in [-0.15, -0.1) is 10.2 Å². The predicted octanol–water partition coefficient (Wildman–Crippen LogP) is 4.10. The number of nitrogens with zero attached hydrogens (tertiary/aromatic N) is 5. The molecular formula is C24H30BrN7O. The van der Waals surface area contributed by atoms with Crippen LogP contribution in [0.4, 0.5) is 0 Å². The van der Waals surface area contributed by atoms with E-state index in [4.69, 9.17) is 5.73 Å². The zero-order valence-corrected chi connectivity index (χ0v) is 20.8. The van der Waals surface area contributed by atoms with Crippen LogP contribution >= 0.6 is 15.9 Å². The average Bonchev–Trinajstić information content (AvgIpc) is 3.32. The maximum absolute atomic E-state index is 13.0. The van der Waals surface area contributed by atoms with Crippen LogP contribution in [0, 0.1) is 0 Å². The molecule has 9 heteroatoms. The zero-order chi connectivity index (χ0) is 23.8. The summed E-state index contributed by atoms with van der Waals surface area (Å²) in [7, 11) is 0. The Morgan fingerprint density at radius 3 is 2.39 bits per heavy atom. The number of hydrogen-bond acceptors (Lipinski definition) is 5. The van der Waals surface area contributed by atoms with E-state index in [9.17, 15) is 4.79 Å². The van der Waals surface area contributed by atoms with Gasteiger partial charge in [-0.05, 0) is 62.1 Å². The van der Waals surface area contributed by atoms with Crippen LogP contribution in [0.15, 0.2) is 59.6 Å². The molecule has 0 radical (unpaired) electrons. The summed E-state index contributed by atoms with van der Waals surface area (Å²) in [5.74, 6) is 0.845. The van der Waals surface area contributed by atoms with Crippen molar-refractivity contribution >= 4 is 27.7 Å². The monoisotopic (exact) mass is 511 g/mol. The molecule has 1 aromatic heterocycles. The molecule has 2 aromatic carbocycles. The average molecular weight is 512 g/mol. The molecule has 1 heterocycles. The molecule has 1 atom stereocenters. The summed E-state index contributed by atoms with van der Waals surface area (Å²) in [6.45, 7) is 6.55. The number of aromatic nitrogens is 4. The molecule has 1 amide bonds. The molecule has 0 fully saturated rings. The van der Waals surface area contributed by atoms with E-state index in [2.05, 4.69) is 41.6 Å². The molecular weight excluding hydrogens is 482 g/mol. The van der Waals surface area contributed by atoms with E-state index >= 15 is 0 Å². The molecule has 8 nitrogen and oxygen atoms in total. The van der Waals surface area contributed by atoms with E-state index in [1.165, 1.54) is 0 Å². The summed E-state index contributed by atoms with van der Waals surface area (Å²) in [5, 5.41) is 16.5. The SMILES string of the molecule is CC(C)(C)n1nnc([C@H](CCCN=C(N)CBr)NC(=O)c2ccc(-c3ccccc3)cc2)n1. The Kier molecular flexibility index (Phi) is 8.32. The van der Waals surface area contributed by atoms with E-state index < -0.39 is 0 Å². The Labute approximate surface area is 202 Å². The number of halogens is 1. The third-order valence-electron chi connectivity index (χ3n) is 5.00. The minimum absolute atomic E-state index is 0.185. The van der Waals surface area contributed by atoms with Gasteiger partial charge in [0.2, 0.25) is 0 Å². The first-order valence-electron chi connectivity index (χ1n) is 10.9. The summed E-state index contributed by atoms with van der Waals surface area (Å²) < 4.78 is 0. The van der Waals surface area contributed by atoms with Crippen molar-refractivity contribution < 1.29 is 4.79 Å². The highest BCUT2D eigenvalue weighted by Gasteiger charge is 2.23. The molecule has 0 aliphatic carbocycles. The van der Waals surface area contributed by atoms with Crippen molar-refractivity contribution in [1.29, 1.82) is 0 Å². The molecule has 0 bridgehead atoms. The molecule has 3 N–H and O–H groups in total. The van der Waals surface area contributed by atoms with Crippen molar-refractivity contribution in [3.63, 3.8) is 0 Å². The van der Waals surface area contributed by atoms with E-state index in [1.807, 2.05) is 75.4 Å². The molecule has 0 spiro atoms. The van der Waals surface area contributed by atoms with E-state index in [1.54, 1.807) is 4.80 Å². The molecule has 0 saturated carbocycles. The normalized spacial score (nSPS) is 13.0. The van der Waals surface area contributed by atoms with Crippen LogP contribution in [0.2, 0.25) is 0 Å². The summed E-state index contributed by atoms with van der Waals surface area (Å²) in [5.41, 5.74) is 8.19. The number of carbonyl (C=O) groups excluding carboxylic acids is 1. The summed E-state index contributed by atoms with van der Waals surface area (Å²) in [6.07, 6.45) is 1.33. The van der Waals surface area contributed by atoms with Gasteiger partial charge in [-0.2, -0.15) is 4.80 Å². The second-order valence-corrected chi connectivity index (χ2v) is 9.29. The first kappa shape index (κ1) is 24.6. The van der Waals surface area contributed by atoms with Crippen molar-refractivity contribution in [3.05, 3.63) is 66.0 Å². The van der Waals surface area contributed by atoms with Gasteiger partial charge in [-0.3, -0.25) is 9.79 Å². The first-order chi connectivity index (χ1) is 15.8. The van der Waals surface area contributed by atoms with Crippen molar-refractivity contribution in [2.45, 2.75) is 45.2 Å². The van der Waals surface area contributed by atoms with Gasteiger partial charge in [-0.1, -0.05) is 58.4 Å². The maximum atomic E-state index is 13.0. The van der Waals surface area contributed by atoms with Crippen LogP contribution in [-0.2, 0) is 5.54 Å². The lowest BCUT2D eigenvalue weighted by molar-refractivity contribution is 0.0932. The minimum atomic E-state index is -0.386. The first-order valence-corrected chi connectivity index (χ1v) is 12.0. The lowest BCUT2D eigenvalue weighted by Gasteiger charge is -2.17. The van der Waals surface area contributed by atoms with Gasteiger partial charge in [0.1, 0.15) is 5.84 Å². The highest BCUT2D eigenvalue weighted by molar-refractivity contribution is 9.09. The number of hydrogen-bond donors (Lipinski definition) is 2. The number of benzene rings is 2. The zero-order valence-electron chi connectivity index (χ0n) is 19.2. The lowest BCUT2D eigenvalue weighted by Crippen LogP contribution is -2.30. The van der Waals surface area contributed by atoms with Crippen molar-refractivity contribution in [1.82, 2.24) is 25.5 Å². The van der Waals surface area contributed by atoms with Gasteiger partial charge >= 0.3 is 0 Å². The Balaban J connectivity index is 1.74. The summed E-state index contributed by atoms with van der Waals surface area (Å²) >= 11 is 3.29. The lowest BCUT2D eigenvalue weighted by atomic mass is 10.0. The van der Waals surface area contributed by atoms with Gasteiger partial charge in [0.05, 0.1) is 16.9 Å². The second-order valence-electron chi connectivity index (χ2n) is 8.73. The fourth-order valence-electron chi connectivity index (χ4n) is 3.16. The molecule has 3 rings (SSSR count). The maximum Gasteiger partial charge on any atom is 0.251 e. The second kappa shape index (κ2) is 11.2. The minimum Gasteiger partial charge on any atom is -0.387 e. The van der Waals surface area contributed by atoms with Crippen molar-refractivity contribution in [2.75, 3.05) is 11.9 Å². The van der Waals surface area contributed by atoms with Gasteiger partial charge in [0.15, 0.2) is 5.82 Å². The van der Waals surface area contributed by atoms with Crippen LogP contribution in [-0.4, -0.2) is 43.8 Å². The number of alkyl halides is 1. The Bertz CT molecular complexity index is 1070. The topological polar surface area (TPSA) is 111 Å². The highest BCUT2D eigenvalue weighted by atomic mass is 79.9. The van der Waals surface area contributed by atoms with Crippen LogP contribution in [0.3, 0.4) is 0 Å². The number of rotatable bonds is 9. The summed E-state index contributed by atoms with van der Waals surface area (Å²) in [6, 6.07) is 17.2. The number of nitrogens with two attached hydrogens (primary N) is 1. The molecule has 33 heavy (non-hydrogen) atoms. The van der Waals surface area contributed by atoms with Crippen LogP contribution in [0.25, 0.3) is 11.1 Å². The number of tetrazole rings is 1. The fraction of sp³-hybridized carbons (Fsp3) is 0.375. The number of amides is 1. The Morgan fingerprint density at radius 1 is 1.12 bits per heavy atom. The highest BCUT2D eigenvalue weighted by Crippen LogP contribution is 2.21. The quantitative estimate of drug-likeness (QED) is 0.194. The van der Waals surface area contributed by atoms with E-state index in [-0.39, 0.29) is 17.5 Å². The van der Waals surface area contributed by atoms with Crippen molar-refractivity contribution in [3.8, 4) is 11.1 Å². The smallest absolute Gasteiger partial charge is 0.251 e. The number of nitrogens with one attached hydrogen (secondary N) is 1. The van der Waals surface area contributed by atoms with Gasteiger partial charge in [0, 0.05) is 12.1 Å². The van der Waals surface area contributed by atoms with E-state index in [0.29, 0.717) is 35.5 Å². The number of aliphatic imine (C=N–C) groups is 1. The Hall–Kier alpha value is -3.07. The van der Waals surface area contributed by atoms with Gasteiger partial charge in [0.25, 0.3) is 5.91 Å². The molecule has 0 aliphatic rings. The number of carbonyl (C=O) groups is 1. The third-order valence-corrected chi connectivity index (χ3v) is 5.58. The fourth-order valence-corrected chi connectivity index (χ4v) is 3.34. The number of amidine groups is 1. The van der Waals surface area contributed by atoms with Gasteiger partial charge < -0.3 is 11.1 Å². The van der Waals surface area contributed by atoms with Crippen LogP contribution < -0.4 is 11.1 Å². The standard InChI is InChI=1S/C24H30BrN7O/c1-24(2,3)32-30-22(29-31-32)20(10-7-15-27-21(26)16-25)28-23(33)19-13-11-18(12-14-19)17-8-5-4-6-9-17/h4-6,8-9,11-14,20H,7,10,15-16H2,1-3H3,(H2,26,27)(H,28,33)/t20-/m0/s1. The molecule has 0 saturated heterocycles. The summed E-state index contributed by atoms with van der Waals surface area (Å²) in [4.78, 5) is 18.9. The largest absolute Gasteiger partial charge is 0.387 e. The predicted molar refractivity (Wildman–Crippen MR) is 134 cm³/mol. The van der Waals surface area contributed by atoms with E-state index in [0.717, 1.165) is 17.5 Å². The molecule has 3 aromatic rings. The van der Waals surface area contributed by atoms with Crippen LogP contribution in [0.1, 0.15) is 55.8 Å². The molecule has 0 aliphatic heterocycles. The third kappa shape index (κ3) is 6.95. The van der Waals surface area contributed by atoms with Crippen molar-refractivity contribution in [2.24, 2.45) is 10.7 Å². The van der Waals surface area contributed by atoms with Gasteiger partial charge in [-0.25, -0.2) is 0 Å².